The van der Waals surface area contributed by atoms with Crippen molar-refractivity contribution in [3.05, 3.63) is 66.1 Å². The maximum absolute atomic E-state index is 12.9. The van der Waals surface area contributed by atoms with Crippen molar-refractivity contribution in [3.63, 3.8) is 0 Å². The molecule has 1 saturated carbocycles. The lowest BCUT2D eigenvalue weighted by Gasteiger charge is -2.10. The summed E-state index contributed by atoms with van der Waals surface area (Å²) in [6.45, 7) is 4.14. The molecule has 1 aliphatic carbocycles. The van der Waals surface area contributed by atoms with E-state index in [0.717, 1.165) is 33.2 Å². The van der Waals surface area contributed by atoms with E-state index in [2.05, 4.69) is 27.3 Å². The second-order valence-electron chi connectivity index (χ2n) is 8.35. The molecule has 0 saturated heterocycles. The zero-order valence-electron chi connectivity index (χ0n) is 17.7. The third kappa shape index (κ3) is 3.42. The van der Waals surface area contributed by atoms with Crippen molar-refractivity contribution in [1.82, 2.24) is 19.7 Å². The van der Waals surface area contributed by atoms with Gasteiger partial charge in [0.15, 0.2) is 0 Å². The first-order chi connectivity index (χ1) is 14.9. The molecule has 0 spiro atoms. The van der Waals surface area contributed by atoms with Crippen LogP contribution in [0, 0.1) is 18.8 Å². The van der Waals surface area contributed by atoms with Crippen LogP contribution in [0.4, 0.5) is 11.6 Å². The number of hydrogen-bond donors (Lipinski definition) is 2. The molecule has 7 heteroatoms. The van der Waals surface area contributed by atoms with Gasteiger partial charge in [-0.2, -0.15) is 5.10 Å². The summed E-state index contributed by atoms with van der Waals surface area (Å²) >= 11 is 0. The van der Waals surface area contributed by atoms with Crippen LogP contribution in [0.1, 0.15) is 24.0 Å². The Labute approximate surface area is 180 Å². The van der Waals surface area contributed by atoms with Crippen molar-refractivity contribution in [2.45, 2.75) is 19.8 Å². The van der Waals surface area contributed by atoms with Crippen LogP contribution in [0.2, 0.25) is 0 Å². The number of carbonyl (C=O) groups is 1. The average Bonchev–Trinajstić information content (AvgIpc) is 3.22. The molecule has 7 nitrogen and oxygen atoms in total. The van der Waals surface area contributed by atoms with E-state index in [1.54, 1.807) is 10.9 Å². The number of anilines is 2. The summed E-state index contributed by atoms with van der Waals surface area (Å²) in [5.41, 5.74) is 10.3. The van der Waals surface area contributed by atoms with Crippen molar-refractivity contribution in [1.29, 1.82) is 0 Å². The average molecular weight is 412 g/mol. The van der Waals surface area contributed by atoms with Crippen LogP contribution in [0.5, 0.6) is 0 Å². The van der Waals surface area contributed by atoms with E-state index in [9.17, 15) is 4.79 Å². The number of carbonyl (C=O) groups excluding carboxylic acids is 1. The fourth-order valence-corrected chi connectivity index (χ4v) is 4.44. The molecular weight excluding hydrogens is 388 g/mol. The van der Waals surface area contributed by atoms with Gasteiger partial charge in [-0.15, -0.1) is 0 Å². The Morgan fingerprint density at radius 2 is 2.00 bits per heavy atom. The number of nitrogens with two attached hydrogens (primary N) is 1. The molecule has 1 aromatic carbocycles. The normalized spacial score (nSPS) is 20.0. The van der Waals surface area contributed by atoms with E-state index in [0.29, 0.717) is 11.6 Å². The van der Waals surface area contributed by atoms with Crippen molar-refractivity contribution < 1.29 is 4.79 Å². The number of fused-ring (bicyclic) bond motifs is 1. The van der Waals surface area contributed by atoms with Crippen LogP contribution in [0.15, 0.2) is 55.0 Å². The summed E-state index contributed by atoms with van der Waals surface area (Å²) in [6.07, 6.45) is 5.49. The van der Waals surface area contributed by atoms with E-state index in [1.165, 1.54) is 0 Å². The lowest BCUT2D eigenvalue weighted by atomic mass is 10.0. The van der Waals surface area contributed by atoms with Crippen molar-refractivity contribution in [2.24, 2.45) is 18.9 Å². The zero-order chi connectivity index (χ0) is 21.7. The van der Waals surface area contributed by atoms with Gasteiger partial charge in [-0.25, -0.2) is 9.97 Å². The minimum absolute atomic E-state index is 0.0191. The molecule has 0 unspecified atom stereocenters. The maximum atomic E-state index is 12.9. The molecular formula is C24H24N6O. The van der Waals surface area contributed by atoms with Crippen molar-refractivity contribution >= 4 is 28.3 Å². The van der Waals surface area contributed by atoms with Gasteiger partial charge in [0.05, 0.1) is 11.9 Å². The van der Waals surface area contributed by atoms with Gasteiger partial charge in [0.2, 0.25) is 5.91 Å². The minimum Gasteiger partial charge on any atom is -0.383 e. The Morgan fingerprint density at radius 1 is 1.19 bits per heavy atom. The number of aromatic nitrogens is 4. The largest absolute Gasteiger partial charge is 0.383 e. The summed E-state index contributed by atoms with van der Waals surface area (Å²) in [5, 5.41) is 8.87. The Kier molecular flexibility index (Phi) is 4.46. The molecule has 3 aromatic heterocycles. The van der Waals surface area contributed by atoms with Crippen LogP contribution in [0.25, 0.3) is 22.0 Å². The summed E-state index contributed by atoms with van der Waals surface area (Å²) in [5.74, 6) is 1.32. The minimum atomic E-state index is -0.0771. The number of aryl methyl sites for hydroxylation is 2. The maximum Gasteiger partial charge on any atom is 0.229 e. The highest BCUT2D eigenvalue weighted by Crippen LogP contribution is 2.54. The monoisotopic (exact) mass is 412 g/mol. The fourth-order valence-electron chi connectivity index (χ4n) is 4.44. The number of nitrogens with one attached hydrogen (secondary N) is 1. The molecule has 5 rings (SSSR count). The second-order valence-corrected chi connectivity index (χ2v) is 8.35. The van der Waals surface area contributed by atoms with E-state index < -0.39 is 0 Å². The third-order valence-electron chi connectivity index (χ3n) is 6.21. The number of rotatable bonds is 4. The lowest BCUT2D eigenvalue weighted by Crippen LogP contribution is -2.16. The van der Waals surface area contributed by atoms with Crippen molar-refractivity contribution in [2.75, 3.05) is 11.1 Å². The zero-order valence-corrected chi connectivity index (χ0v) is 17.7. The number of hydrogen-bond acceptors (Lipinski definition) is 5. The molecule has 1 aliphatic rings. The first-order valence-electron chi connectivity index (χ1n) is 10.3. The Bertz CT molecular complexity index is 1310. The van der Waals surface area contributed by atoms with Crippen LogP contribution >= 0.6 is 0 Å². The number of nitrogens with zero attached hydrogens (tertiary/aromatic N) is 4. The molecule has 156 valence electrons. The van der Waals surface area contributed by atoms with Crippen LogP contribution < -0.4 is 11.1 Å². The number of nitrogen functional groups attached to an aromatic ring is 1. The lowest BCUT2D eigenvalue weighted by molar-refractivity contribution is -0.117. The molecule has 3 atom stereocenters. The first kappa shape index (κ1) is 19.2. The molecule has 0 bridgehead atoms. The van der Waals surface area contributed by atoms with Crippen LogP contribution in [-0.4, -0.2) is 25.7 Å². The van der Waals surface area contributed by atoms with Gasteiger partial charge in [0.25, 0.3) is 0 Å². The van der Waals surface area contributed by atoms with E-state index >= 15 is 0 Å². The molecule has 1 amide bonds. The van der Waals surface area contributed by atoms with Crippen LogP contribution in [-0.2, 0) is 11.8 Å². The second kappa shape index (κ2) is 7.19. The fraction of sp³-hybridized carbons (Fsp3) is 0.250. The summed E-state index contributed by atoms with van der Waals surface area (Å²) in [4.78, 5) is 21.9. The van der Waals surface area contributed by atoms with Gasteiger partial charge >= 0.3 is 0 Å². The number of pyridine rings is 2. The predicted molar refractivity (Wildman–Crippen MR) is 121 cm³/mol. The van der Waals surface area contributed by atoms with Gasteiger partial charge < -0.3 is 11.1 Å². The topological polar surface area (TPSA) is 98.7 Å². The summed E-state index contributed by atoms with van der Waals surface area (Å²) < 4.78 is 1.77. The van der Waals surface area contributed by atoms with Gasteiger partial charge in [0, 0.05) is 42.2 Å². The highest BCUT2D eigenvalue weighted by Gasteiger charge is 2.52. The third-order valence-corrected chi connectivity index (χ3v) is 6.21. The van der Waals surface area contributed by atoms with E-state index in [1.807, 2.05) is 62.8 Å². The van der Waals surface area contributed by atoms with Crippen LogP contribution in [0.3, 0.4) is 0 Å². The molecule has 3 heterocycles. The smallest absolute Gasteiger partial charge is 0.229 e. The summed E-state index contributed by atoms with van der Waals surface area (Å²) in [7, 11) is 1.89. The molecule has 0 aliphatic heterocycles. The standard InChI is InChI=1S/C24H24N6O/c1-13-6-4-5-7-17(13)19-8-15-9-20(26-11-18(15)23(25)28-19)29-24(31)22-14(2)21(22)16-10-27-30(3)12-16/h4-12,14,21-22H,1-3H3,(H2,25,28)(H,26,29,31)/t14-,21+,22-/m0/s1. The summed E-state index contributed by atoms with van der Waals surface area (Å²) in [6, 6.07) is 11.9. The Morgan fingerprint density at radius 3 is 2.74 bits per heavy atom. The first-order valence-corrected chi connectivity index (χ1v) is 10.3. The van der Waals surface area contributed by atoms with E-state index in [-0.39, 0.29) is 23.7 Å². The van der Waals surface area contributed by atoms with Crippen molar-refractivity contribution in [3.8, 4) is 11.3 Å². The Balaban J connectivity index is 1.42. The quantitative estimate of drug-likeness (QED) is 0.529. The molecule has 3 N–H and O–H groups in total. The van der Waals surface area contributed by atoms with Gasteiger partial charge in [-0.05, 0) is 41.5 Å². The molecule has 31 heavy (non-hydrogen) atoms. The molecule has 1 fully saturated rings. The molecule has 4 aromatic rings. The highest BCUT2D eigenvalue weighted by atomic mass is 16.2. The predicted octanol–water partition coefficient (Wildman–Crippen LogP) is 3.91. The Hall–Kier alpha value is -3.74. The number of benzene rings is 1. The molecule has 0 radical (unpaired) electrons. The van der Waals surface area contributed by atoms with Gasteiger partial charge in [-0.3, -0.25) is 9.48 Å². The highest BCUT2D eigenvalue weighted by molar-refractivity contribution is 5.99. The van der Waals surface area contributed by atoms with Gasteiger partial charge in [0.1, 0.15) is 11.6 Å². The van der Waals surface area contributed by atoms with E-state index in [4.69, 9.17) is 5.73 Å². The number of amides is 1. The SMILES string of the molecule is Cc1ccccc1-c1cc2cc(NC(=O)[C@H]3[C@@H](C)[C@@H]3c3cnn(C)c3)ncc2c(N)n1. The van der Waals surface area contributed by atoms with Gasteiger partial charge in [-0.1, -0.05) is 31.2 Å².